The molecule has 2 N–H and O–H groups in total. The Bertz CT molecular complexity index is 873. The molecule has 0 aliphatic heterocycles. The normalized spacial score (nSPS) is 10.3. The van der Waals surface area contributed by atoms with Crippen LogP contribution in [0.3, 0.4) is 0 Å². The highest BCUT2D eigenvalue weighted by Gasteiger charge is 2.17. The highest BCUT2D eigenvalue weighted by Crippen LogP contribution is 2.25. The van der Waals surface area contributed by atoms with Crippen molar-refractivity contribution in [2.75, 3.05) is 11.9 Å². The highest BCUT2D eigenvalue weighted by atomic mass is 35.5. The van der Waals surface area contributed by atoms with Gasteiger partial charge in [0.15, 0.2) is 0 Å². The van der Waals surface area contributed by atoms with Gasteiger partial charge < -0.3 is 10.6 Å². The van der Waals surface area contributed by atoms with Crippen molar-refractivity contribution >= 4 is 34.8 Å². The first-order valence-electron chi connectivity index (χ1n) is 7.79. The van der Waals surface area contributed by atoms with Gasteiger partial charge in [0, 0.05) is 17.3 Å². The van der Waals surface area contributed by atoms with E-state index in [1.54, 1.807) is 0 Å². The molecule has 2 aromatic carbocycles. The van der Waals surface area contributed by atoms with Gasteiger partial charge in [0.1, 0.15) is 5.02 Å². The summed E-state index contributed by atoms with van der Waals surface area (Å²) in [6.45, 7) is 5.49. The van der Waals surface area contributed by atoms with Gasteiger partial charge in [0.2, 0.25) is 5.91 Å². The quantitative estimate of drug-likeness (QED) is 0.616. The number of benzene rings is 2. The number of nitro groups is 1. The van der Waals surface area contributed by atoms with Crippen LogP contribution >= 0.6 is 11.6 Å². The molecule has 0 unspecified atom stereocenters. The van der Waals surface area contributed by atoms with Crippen LogP contribution < -0.4 is 10.6 Å². The second-order valence-corrected chi connectivity index (χ2v) is 6.34. The number of rotatable bonds is 5. The first kappa shape index (κ1) is 19.4. The van der Waals surface area contributed by atoms with Gasteiger partial charge in [-0.05, 0) is 44.0 Å². The summed E-state index contributed by atoms with van der Waals surface area (Å²) in [4.78, 5) is 34.4. The van der Waals surface area contributed by atoms with E-state index in [1.165, 1.54) is 12.1 Å². The molecule has 26 heavy (non-hydrogen) atoms. The van der Waals surface area contributed by atoms with Gasteiger partial charge >= 0.3 is 0 Å². The lowest BCUT2D eigenvalue weighted by molar-refractivity contribution is -0.384. The Hall–Kier alpha value is -2.93. The summed E-state index contributed by atoms with van der Waals surface area (Å²) in [7, 11) is 0. The lowest BCUT2D eigenvalue weighted by Gasteiger charge is -2.13. The number of carbonyl (C=O) groups is 2. The Balaban J connectivity index is 2.03. The van der Waals surface area contributed by atoms with Crippen molar-refractivity contribution in [3.05, 3.63) is 67.7 Å². The molecule has 0 heterocycles. The molecule has 0 saturated carbocycles. The van der Waals surface area contributed by atoms with Crippen molar-refractivity contribution in [3.8, 4) is 0 Å². The van der Waals surface area contributed by atoms with Crippen molar-refractivity contribution in [1.82, 2.24) is 5.32 Å². The Labute approximate surface area is 155 Å². The molecule has 0 fully saturated rings. The molecule has 0 spiro atoms. The molecule has 2 rings (SSSR count). The molecule has 7 nitrogen and oxygen atoms in total. The Morgan fingerprint density at radius 2 is 1.73 bits per heavy atom. The zero-order valence-corrected chi connectivity index (χ0v) is 15.3. The zero-order valence-electron chi connectivity index (χ0n) is 14.6. The van der Waals surface area contributed by atoms with Crippen molar-refractivity contribution < 1.29 is 14.5 Å². The molecule has 0 aromatic heterocycles. The van der Waals surface area contributed by atoms with E-state index >= 15 is 0 Å². The predicted octanol–water partition coefficient (Wildman–Crippen LogP) is 3.54. The maximum Gasteiger partial charge on any atom is 0.288 e. The third-order valence-electron chi connectivity index (χ3n) is 3.76. The summed E-state index contributed by atoms with van der Waals surface area (Å²) in [5.41, 5.74) is 3.34. The second-order valence-electron chi connectivity index (χ2n) is 5.93. The summed E-state index contributed by atoms with van der Waals surface area (Å²) >= 11 is 5.72. The molecule has 2 aromatic rings. The van der Waals surface area contributed by atoms with Crippen LogP contribution in [0.25, 0.3) is 0 Å². The molecule has 0 atom stereocenters. The molecule has 0 saturated heterocycles. The molecule has 136 valence electrons. The van der Waals surface area contributed by atoms with Crippen LogP contribution in [0.1, 0.15) is 27.0 Å². The van der Waals surface area contributed by atoms with Gasteiger partial charge in [-0.3, -0.25) is 19.7 Å². The minimum Gasteiger partial charge on any atom is -0.343 e. The number of nitrogens with one attached hydrogen (secondary N) is 2. The smallest absolute Gasteiger partial charge is 0.288 e. The van der Waals surface area contributed by atoms with Gasteiger partial charge in [0.05, 0.1) is 11.5 Å². The molecule has 2 amide bonds. The molecular weight excluding hydrogens is 358 g/mol. The molecular formula is C18H18ClN3O4. The van der Waals surface area contributed by atoms with E-state index in [-0.39, 0.29) is 22.8 Å². The van der Waals surface area contributed by atoms with E-state index in [9.17, 15) is 19.7 Å². The van der Waals surface area contributed by atoms with E-state index in [4.69, 9.17) is 11.6 Å². The number of halogens is 1. The lowest BCUT2D eigenvalue weighted by Crippen LogP contribution is -2.33. The van der Waals surface area contributed by atoms with Gasteiger partial charge in [-0.25, -0.2) is 0 Å². The predicted molar refractivity (Wildman–Crippen MR) is 99.7 cm³/mol. The van der Waals surface area contributed by atoms with Crippen LogP contribution in [-0.4, -0.2) is 23.3 Å². The number of amides is 2. The standard InChI is InChI=1S/C18H18ClN3O4/c1-10-6-11(2)17(12(3)7-10)21-16(23)9-20-18(24)13-4-5-14(19)15(8-13)22(25)26/h4-8H,9H2,1-3H3,(H,20,24)(H,21,23). The van der Waals surface area contributed by atoms with Crippen LogP contribution in [-0.2, 0) is 4.79 Å². The van der Waals surface area contributed by atoms with Crippen molar-refractivity contribution in [1.29, 1.82) is 0 Å². The number of carbonyl (C=O) groups excluding carboxylic acids is 2. The fourth-order valence-electron chi connectivity index (χ4n) is 2.62. The fraction of sp³-hybridized carbons (Fsp3) is 0.222. The van der Waals surface area contributed by atoms with Crippen LogP contribution in [0, 0.1) is 30.9 Å². The number of anilines is 1. The monoisotopic (exact) mass is 375 g/mol. The average molecular weight is 376 g/mol. The van der Waals surface area contributed by atoms with Gasteiger partial charge in [-0.1, -0.05) is 29.3 Å². The third kappa shape index (κ3) is 4.58. The summed E-state index contributed by atoms with van der Waals surface area (Å²) in [6, 6.07) is 7.61. The zero-order chi connectivity index (χ0) is 19.4. The summed E-state index contributed by atoms with van der Waals surface area (Å²) in [6.07, 6.45) is 0. The molecule has 0 aliphatic rings. The molecule has 0 radical (unpaired) electrons. The topological polar surface area (TPSA) is 101 Å². The second kappa shape index (κ2) is 7.97. The van der Waals surface area contributed by atoms with E-state index < -0.39 is 16.7 Å². The third-order valence-corrected chi connectivity index (χ3v) is 4.08. The number of aryl methyl sites for hydroxylation is 3. The maximum absolute atomic E-state index is 12.1. The van der Waals surface area contributed by atoms with Gasteiger partial charge in [-0.15, -0.1) is 0 Å². The average Bonchev–Trinajstić information content (AvgIpc) is 2.56. The summed E-state index contributed by atoms with van der Waals surface area (Å²) in [5, 5.41) is 16.0. The van der Waals surface area contributed by atoms with Crippen molar-refractivity contribution in [2.24, 2.45) is 0 Å². The SMILES string of the molecule is Cc1cc(C)c(NC(=O)CNC(=O)c2ccc(Cl)c([N+](=O)[O-])c2)c(C)c1. The van der Waals surface area contributed by atoms with Crippen LogP contribution in [0.5, 0.6) is 0 Å². The Morgan fingerprint density at radius 3 is 2.31 bits per heavy atom. The molecule has 0 bridgehead atoms. The van der Waals surface area contributed by atoms with E-state index in [2.05, 4.69) is 10.6 Å². The van der Waals surface area contributed by atoms with Gasteiger partial charge in [0.25, 0.3) is 11.6 Å². The van der Waals surface area contributed by atoms with Crippen LogP contribution in [0.2, 0.25) is 5.02 Å². The van der Waals surface area contributed by atoms with Gasteiger partial charge in [-0.2, -0.15) is 0 Å². The summed E-state index contributed by atoms with van der Waals surface area (Å²) in [5.74, 6) is -0.992. The highest BCUT2D eigenvalue weighted by molar-refractivity contribution is 6.32. The Morgan fingerprint density at radius 1 is 1.12 bits per heavy atom. The molecule has 0 aliphatic carbocycles. The van der Waals surface area contributed by atoms with Crippen molar-refractivity contribution in [3.63, 3.8) is 0 Å². The number of nitrogens with zero attached hydrogens (tertiary/aromatic N) is 1. The summed E-state index contributed by atoms with van der Waals surface area (Å²) < 4.78 is 0. The van der Waals surface area contributed by atoms with E-state index in [0.29, 0.717) is 5.69 Å². The molecule has 8 heteroatoms. The Kier molecular flexibility index (Phi) is 5.94. The van der Waals surface area contributed by atoms with Crippen molar-refractivity contribution in [2.45, 2.75) is 20.8 Å². The number of hydrogen-bond donors (Lipinski definition) is 2. The first-order chi connectivity index (χ1) is 12.2. The largest absolute Gasteiger partial charge is 0.343 e. The van der Waals surface area contributed by atoms with Crippen LogP contribution in [0.4, 0.5) is 11.4 Å². The minimum absolute atomic E-state index is 0.0524. The number of hydrogen-bond acceptors (Lipinski definition) is 4. The van der Waals surface area contributed by atoms with Crippen LogP contribution in [0.15, 0.2) is 30.3 Å². The number of nitro benzene ring substituents is 1. The minimum atomic E-state index is -0.672. The van der Waals surface area contributed by atoms with E-state index in [0.717, 1.165) is 22.8 Å². The lowest BCUT2D eigenvalue weighted by atomic mass is 10.1. The maximum atomic E-state index is 12.1. The fourth-order valence-corrected chi connectivity index (χ4v) is 2.80. The van der Waals surface area contributed by atoms with E-state index in [1.807, 2.05) is 32.9 Å². The first-order valence-corrected chi connectivity index (χ1v) is 8.16.